The largest absolute Gasteiger partial charge is 0.402 e. The normalized spacial score (nSPS) is 15.9. The minimum atomic E-state index is -1.00. The Bertz CT molecular complexity index is 831. The highest BCUT2D eigenvalue weighted by molar-refractivity contribution is 6.31. The van der Waals surface area contributed by atoms with Crippen molar-refractivity contribution in [1.29, 1.82) is 0 Å². The van der Waals surface area contributed by atoms with Crippen LogP contribution in [0.15, 0.2) is 53.2 Å². The summed E-state index contributed by atoms with van der Waals surface area (Å²) in [5.41, 5.74) is 0.859. The van der Waals surface area contributed by atoms with Crippen LogP contribution in [0.1, 0.15) is 11.1 Å². The summed E-state index contributed by atoms with van der Waals surface area (Å²) in [5, 5.41) is 0.481. The summed E-state index contributed by atoms with van der Waals surface area (Å²) in [6.45, 7) is 0. The van der Waals surface area contributed by atoms with Crippen LogP contribution in [0, 0.1) is 11.6 Å². The van der Waals surface area contributed by atoms with E-state index in [0.29, 0.717) is 16.1 Å². The van der Waals surface area contributed by atoms with Gasteiger partial charge in [-0.3, -0.25) is 0 Å². The summed E-state index contributed by atoms with van der Waals surface area (Å²) in [6, 6.07) is 9.97. The van der Waals surface area contributed by atoms with Crippen molar-refractivity contribution in [2.75, 3.05) is 0 Å². The van der Waals surface area contributed by atoms with Gasteiger partial charge < -0.3 is 4.74 Å². The lowest BCUT2D eigenvalue weighted by Crippen LogP contribution is -2.05. The van der Waals surface area contributed by atoms with E-state index < -0.39 is 17.6 Å². The van der Waals surface area contributed by atoms with Crippen LogP contribution in [0.4, 0.5) is 8.78 Å². The van der Waals surface area contributed by atoms with E-state index in [-0.39, 0.29) is 11.6 Å². The molecule has 3 nitrogen and oxygen atoms in total. The summed E-state index contributed by atoms with van der Waals surface area (Å²) in [5.74, 6) is -2.51. The van der Waals surface area contributed by atoms with Gasteiger partial charge in [0, 0.05) is 10.6 Å². The average Bonchev–Trinajstić information content (AvgIpc) is 2.84. The van der Waals surface area contributed by atoms with Gasteiger partial charge in [-0.15, -0.1) is 0 Å². The molecule has 2 aromatic carbocycles. The molecule has 0 aromatic heterocycles. The van der Waals surface area contributed by atoms with Gasteiger partial charge >= 0.3 is 5.97 Å². The van der Waals surface area contributed by atoms with Gasteiger partial charge in [-0.25, -0.2) is 18.6 Å². The fourth-order valence-corrected chi connectivity index (χ4v) is 2.10. The Morgan fingerprint density at radius 3 is 2.64 bits per heavy atom. The second kappa shape index (κ2) is 5.69. The lowest BCUT2D eigenvalue weighted by atomic mass is 10.2. The molecule has 0 bridgehead atoms. The van der Waals surface area contributed by atoms with Crippen LogP contribution < -0.4 is 0 Å². The van der Waals surface area contributed by atoms with Gasteiger partial charge in [0.15, 0.2) is 17.3 Å². The van der Waals surface area contributed by atoms with Crippen molar-refractivity contribution < 1.29 is 18.3 Å². The van der Waals surface area contributed by atoms with E-state index in [0.717, 1.165) is 12.1 Å². The first kappa shape index (κ1) is 14.4. The highest BCUT2D eigenvalue weighted by Crippen LogP contribution is 2.21. The van der Waals surface area contributed by atoms with E-state index in [4.69, 9.17) is 16.3 Å². The molecule has 0 aliphatic carbocycles. The van der Waals surface area contributed by atoms with Gasteiger partial charge in [0.25, 0.3) is 0 Å². The average molecular weight is 320 g/mol. The maximum Gasteiger partial charge on any atom is 0.363 e. The van der Waals surface area contributed by atoms with Gasteiger partial charge in [-0.1, -0.05) is 23.7 Å². The van der Waals surface area contributed by atoms with Gasteiger partial charge in [0.05, 0.1) is 0 Å². The number of hydrogen-bond donors (Lipinski definition) is 0. The van der Waals surface area contributed by atoms with Crippen LogP contribution >= 0.6 is 11.6 Å². The van der Waals surface area contributed by atoms with Crippen LogP contribution in [-0.4, -0.2) is 11.9 Å². The van der Waals surface area contributed by atoms with E-state index >= 15 is 0 Å². The standard InChI is InChI=1S/C16H8ClF2NO2/c17-11-3-1-2-10(8-11)15-20-14(16(21)22-15)7-9-4-5-12(18)13(19)6-9/h1-8H/b14-7-. The number of rotatable bonds is 2. The molecule has 0 spiro atoms. The van der Waals surface area contributed by atoms with Crippen molar-refractivity contribution in [2.45, 2.75) is 0 Å². The lowest BCUT2D eigenvalue weighted by molar-refractivity contribution is -0.129. The highest BCUT2D eigenvalue weighted by atomic mass is 35.5. The maximum atomic E-state index is 13.2. The molecule has 6 heteroatoms. The van der Waals surface area contributed by atoms with E-state index in [1.165, 1.54) is 12.1 Å². The van der Waals surface area contributed by atoms with E-state index in [1.807, 2.05) is 0 Å². The number of ether oxygens (including phenoxy) is 1. The first-order valence-electron chi connectivity index (χ1n) is 6.26. The van der Waals surface area contributed by atoms with Crippen LogP contribution in [0.3, 0.4) is 0 Å². The number of halogens is 3. The number of cyclic esters (lactones) is 1. The van der Waals surface area contributed by atoms with E-state index in [2.05, 4.69) is 4.99 Å². The molecule has 110 valence electrons. The van der Waals surface area contributed by atoms with Crippen molar-refractivity contribution in [1.82, 2.24) is 0 Å². The molecular weight excluding hydrogens is 312 g/mol. The lowest BCUT2D eigenvalue weighted by Gasteiger charge is -1.99. The Labute approximate surface area is 129 Å². The number of carbonyl (C=O) groups excluding carboxylic acids is 1. The van der Waals surface area contributed by atoms with Crippen LogP contribution in [0.2, 0.25) is 5.02 Å². The molecule has 0 atom stereocenters. The van der Waals surface area contributed by atoms with Crippen LogP contribution in [0.25, 0.3) is 6.08 Å². The second-order valence-corrected chi connectivity index (χ2v) is 4.96. The number of carbonyl (C=O) groups is 1. The quantitative estimate of drug-likeness (QED) is 0.620. The Morgan fingerprint density at radius 1 is 1.09 bits per heavy atom. The van der Waals surface area contributed by atoms with Crippen molar-refractivity contribution in [3.63, 3.8) is 0 Å². The highest BCUT2D eigenvalue weighted by Gasteiger charge is 2.24. The third-order valence-corrected chi connectivity index (χ3v) is 3.17. The number of esters is 1. The Kier molecular flexibility index (Phi) is 3.73. The molecule has 2 aromatic rings. The summed E-state index contributed by atoms with van der Waals surface area (Å²) >= 11 is 5.87. The van der Waals surface area contributed by atoms with Gasteiger partial charge in [0.2, 0.25) is 5.90 Å². The second-order valence-electron chi connectivity index (χ2n) is 4.52. The van der Waals surface area contributed by atoms with E-state index in [1.54, 1.807) is 24.3 Å². The summed E-state index contributed by atoms with van der Waals surface area (Å²) in [6.07, 6.45) is 1.32. The maximum absolute atomic E-state index is 13.2. The first-order valence-corrected chi connectivity index (χ1v) is 6.64. The molecule has 0 N–H and O–H groups in total. The molecule has 0 amide bonds. The summed E-state index contributed by atoms with van der Waals surface area (Å²) in [7, 11) is 0. The third kappa shape index (κ3) is 2.89. The van der Waals surface area contributed by atoms with Crippen molar-refractivity contribution in [2.24, 2.45) is 4.99 Å². The Balaban J connectivity index is 1.95. The third-order valence-electron chi connectivity index (χ3n) is 2.94. The molecule has 0 fully saturated rings. The summed E-state index contributed by atoms with van der Waals surface area (Å²) < 4.78 is 31.1. The molecule has 0 saturated heterocycles. The van der Waals surface area contributed by atoms with Gasteiger partial charge in [-0.05, 0) is 42.0 Å². The van der Waals surface area contributed by atoms with Crippen molar-refractivity contribution >= 4 is 29.5 Å². The minimum absolute atomic E-state index is 0.000911. The van der Waals surface area contributed by atoms with Gasteiger partial charge in [-0.2, -0.15) is 0 Å². The predicted molar refractivity (Wildman–Crippen MR) is 78.4 cm³/mol. The van der Waals surface area contributed by atoms with Crippen molar-refractivity contribution in [3.05, 3.63) is 75.9 Å². The number of nitrogens with zero attached hydrogens (tertiary/aromatic N) is 1. The van der Waals surface area contributed by atoms with Crippen LogP contribution in [0.5, 0.6) is 0 Å². The zero-order valence-electron chi connectivity index (χ0n) is 11.0. The molecule has 1 heterocycles. The van der Waals surface area contributed by atoms with E-state index in [9.17, 15) is 13.6 Å². The molecule has 1 aliphatic heterocycles. The Hall–Kier alpha value is -2.53. The minimum Gasteiger partial charge on any atom is -0.402 e. The van der Waals surface area contributed by atoms with Crippen LogP contribution in [-0.2, 0) is 9.53 Å². The zero-order valence-corrected chi connectivity index (χ0v) is 11.8. The molecule has 0 saturated carbocycles. The first-order chi connectivity index (χ1) is 10.5. The fraction of sp³-hybridized carbons (Fsp3) is 0. The molecule has 3 rings (SSSR count). The predicted octanol–water partition coefficient (Wildman–Crippen LogP) is 3.96. The SMILES string of the molecule is O=C1OC(c2cccc(Cl)c2)=N/C1=C\c1ccc(F)c(F)c1. The van der Waals surface area contributed by atoms with Crippen molar-refractivity contribution in [3.8, 4) is 0 Å². The molecular formula is C16H8ClF2NO2. The van der Waals surface area contributed by atoms with Gasteiger partial charge in [0.1, 0.15) is 0 Å². The monoisotopic (exact) mass is 319 g/mol. The number of aliphatic imine (C=N–C) groups is 1. The Morgan fingerprint density at radius 2 is 1.91 bits per heavy atom. The number of hydrogen-bond acceptors (Lipinski definition) is 3. The molecule has 1 aliphatic rings. The molecule has 0 unspecified atom stereocenters. The zero-order chi connectivity index (χ0) is 15.7. The fourth-order valence-electron chi connectivity index (χ4n) is 1.91. The number of benzene rings is 2. The summed E-state index contributed by atoms with van der Waals surface area (Å²) in [4.78, 5) is 15.9. The molecule has 0 radical (unpaired) electrons. The molecule has 22 heavy (non-hydrogen) atoms. The topological polar surface area (TPSA) is 38.7 Å². The smallest absolute Gasteiger partial charge is 0.363 e.